The third kappa shape index (κ3) is 5.98. The van der Waals surface area contributed by atoms with E-state index in [9.17, 15) is 28.6 Å². The molecule has 29 heavy (non-hydrogen) atoms. The number of alkyl carbamates (subject to hydrolysis) is 1. The minimum atomic E-state index is -3.86. The molecule has 1 amide bonds. The molecular weight excluding hydrogens is 398 g/mol. The summed E-state index contributed by atoms with van der Waals surface area (Å²) in [7, 11) is 0. The second-order valence-electron chi connectivity index (χ2n) is 7.81. The number of halogens is 2. The van der Waals surface area contributed by atoms with Gasteiger partial charge in [-0.1, -0.05) is 13.5 Å². The van der Waals surface area contributed by atoms with Gasteiger partial charge in [-0.15, -0.1) is 0 Å². The zero-order valence-electron chi connectivity index (χ0n) is 16.6. The van der Waals surface area contributed by atoms with Gasteiger partial charge < -0.3 is 35.2 Å². The maximum Gasteiger partial charge on any atom is 0.413 e. The van der Waals surface area contributed by atoms with Crippen molar-refractivity contribution in [2.75, 3.05) is 6.61 Å². The molecular formula is C17H28F2N2O8. The van der Waals surface area contributed by atoms with Gasteiger partial charge in [0.2, 0.25) is 0 Å². The van der Waals surface area contributed by atoms with E-state index < -0.39 is 66.6 Å². The van der Waals surface area contributed by atoms with Gasteiger partial charge in [-0.05, 0) is 20.8 Å². The van der Waals surface area contributed by atoms with Gasteiger partial charge in [-0.2, -0.15) is 4.39 Å². The Morgan fingerprint density at radius 2 is 1.90 bits per heavy atom. The average molecular weight is 426 g/mol. The minimum Gasteiger partial charge on any atom is -0.477 e. The number of alkyl halides is 2. The number of carboxylic acids is 1. The summed E-state index contributed by atoms with van der Waals surface area (Å²) in [5.41, 5.74) is -0.841. The lowest BCUT2D eigenvalue weighted by molar-refractivity contribution is -0.284. The van der Waals surface area contributed by atoms with Crippen molar-refractivity contribution in [1.29, 1.82) is 0 Å². The molecule has 6 N–H and O–H groups in total. The van der Waals surface area contributed by atoms with E-state index in [1.54, 1.807) is 20.8 Å². The van der Waals surface area contributed by atoms with Crippen LogP contribution in [0.3, 0.4) is 0 Å². The fourth-order valence-corrected chi connectivity index (χ4v) is 2.82. The first kappa shape index (κ1) is 25.0. The van der Waals surface area contributed by atoms with Crippen molar-refractivity contribution in [3.8, 4) is 0 Å². The van der Waals surface area contributed by atoms with Crippen LogP contribution in [0.5, 0.6) is 0 Å². The summed E-state index contributed by atoms with van der Waals surface area (Å²) < 4.78 is 39.2. The van der Waals surface area contributed by atoms with Crippen molar-refractivity contribution >= 4 is 12.1 Å². The number of ether oxygens (including phenoxy) is 2. The van der Waals surface area contributed by atoms with Gasteiger partial charge in [-0.25, -0.2) is 14.0 Å². The number of aliphatic carboxylic acids is 1. The summed E-state index contributed by atoms with van der Waals surface area (Å²) in [5.74, 6) is -7.59. The highest BCUT2D eigenvalue weighted by molar-refractivity contribution is 5.77. The highest BCUT2D eigenvalue weighted by atomic mass is 19.2. The predicted molar refractivity (Wildman–Crippen MR) is 94.9 cm³/mol. The second kappa shape index (κ2) is 9.20. The fourth-order valence-electron chi connectivity index (χ4n) is 2.82. The van der Waals surface area contributed by atoms with Crippen molar-refractivity contribution in [3.63, 3.8) is 0 Å². The van der Waals surface area contributed by atoms with E-state index in [1.807, 2.05) is 0 Å². The monoisotopic (exact) mass is 426 g/mol. The number of hydrogen-bond acceptors (Lipinski definition) is 8. The number of aliphatic hydroxyl groups is 3. The number of rotatable bonds is 7. The molecule has 1 heterocycles. The van der Waals surface area contributed by atoms with Crippen LogP contribution in [0.1, 0.15) is 27.7 Å². The Hall–Kier alpha value is -2.02. The Morgan fingerprint density at radius 3 is 2.34 bits per heavy atom. The number of carbonyl (C=O) groups is 2. The number of carbonyl (C=O) groups excluding carboxylic acids is 1. The summed E-state index contributed by atoms with van der Waals surface area (Å²) >= 11 is 0. The molecule has 0 spiro atoms. The van der Waals surface area contributed by atoms with Crippen LogP contribution >= 0.6 is 0 Å². The van der Waals surface area contributed by atoms with Gasteiger partial charge >= 0.3 is 17.9 Å². The van der Waals surface area contributed by atoms with Gasteiger partial charge in [0.1, 0.15) is 23.6 Å². The Balaban J connectivity index is 3.07. The maximum absolute atomic E-state index is 14.8. The van der Waals surface area contributed by atoms with Crippen LogP contribution in [0.15, 0.2) is 12.4 Å². The average Bonchev–Trinajstić information content (AvgIpc) is 2.58. The maximum atomic E-state index is 14.8. The molecule has 1 saturated heterocycles. The SMILES string of the molecule is C=C(NC(=O)OC(C)(C)C)NC1C(C)C([C@H](O)[C@H](O)CO)OC(F)(C(=O)O)C1F. The molecule has 0 saturated carbocycles. The first-order valence-corrected chi connectivity index (χ1v) is 8.80. The highest BCUT2D eigenvalue weighted by Crippen LogP contribution is 2.38. The number of nitrogens with one attached hydrogen (secondary N) is 2. The molecule has 7 atom stereocenters. The van der Waals surface area contributed by atoms with Crippen molar-refractivity contribution in [3.05, 3.63) is 12.4 Å². The zero-order valence-corrected chi connectivity index (χ0v) is 16.6. The van der Waals surface area contributed by atoms with Gasteiger partial charge in [0.25, 0.3) is 0 Å². The smallest absolute Gasteiger partial charge is 0.413 e. The first-order valence-electron chi connectivity index (χ1n) is 8.80. The fraction of sp³-hybridized carbons (Fsp3) is 0.765. The minimum absolute atomic E-state index is 0.315. The van der Waals surface area contributed by atoms with Crippen LogP contribution in [0.4, 0.5) is 13.6 Å². The van der Waals surface area contributed by atoms with Gasteiger partial charge in [0.15, 0.2) is 6.17 Å². The van der Waals surface area contributed by atoms with Crippen LogP contribution in [-0.2, 0) is 14.3 Å². The van der Waals surface area contributed by atoms with Crippen LogP contribution in [0.2, 0.25) is 0 Å². The molecule has 0 radical (unpaired) electrons. The van der Waals surface area contributed by atoms with Crippen LogP contribution < -0.4 is 10.6 Å². The van der Waals surface area contributed by atoms with Crippen molar-refractivity contribution in [2.45, 2.75) is 69.7 Å². The van der Waals surface area contributed by atoms with Crippen LogP contribution in [-0.4, -0.2) is 81.1 Å². The third-order valence-corrected chi connectivity index (χ3v) is 4.26. The molecule has 12 heteroatoms. The molecule has 10 nitrogen and oxygen atoms in total. The van der Waals surface area contributed by atoms with E-state index in [2.05, 4.69) is 21.9 Å². The van der Waals surface area contributed by atoms with Crippen molar-refractivity contribution in [2.24, 2.45) is 5.92 Å². The molecule has 0 aromatic carbocycles. The standard InChI is InChI=1S/C17H28F2N2O8/c1-7-10(20-8(2)21-15(27)29-16(3,4)5)13(18)17(19,14(25)26)28-12(7)11(24)9(23)6-22/h7,9-13,20,22-24H,2,6H2,1,3-5H3,(H,21,27)(H,25,26)/t7?,9-,10?,11-,12?,13?,17?/m1/s1. The molecule has 168 valence electrons. The molecule has 1 fully saturated rings. The molecule has 1 rings (SSSR count). The third-order valence-electron chi connectivity index (χ3n) is 4.26. The summed E-state index contributed by atoms with van der Waals surface area (Å²) in [6, 6.07) is -1.64. The Labute approximate surface area is 166 Å². The molecule has 5 unspecified atom stereocenters. The Morgan fingerprint density at radius 1 is 1.34 bits per heavy atom. The topological polar surface area (TPSA) is 158 Å². The number of hydrogen-bond donors (Lipinski definition) is 6. The normalized spacial score (nSPS) is 32.0. The second-order valence-corrected chi connectivity index (χ2v) is 7.81. The largest absolute Gasteiger partial charge is 0.477 e. The lowest BCUT2D eigenvalue weighted by atomic mass is 9.82. The van der Waals surface area contributed by atoms with E-state index >= 15 is 0 Å². The van der Waals surface area contributed by atoms with Gasteiger partial charge in [0.05, 0.1) is 18.8 Å². The van der Waals surface area contributed by atoms with E-state index in [4.69, 9.17) is 14.9 Å². The summed E-state index contributed by atoms with van der Waals surface area (Å²) in [5, 5.41) is 42.3. The summed E-state index contributed by atoms with van der Waals surface area (Å²) in [4.78, 5) is 23.1. The number of aliphatic hydroxyl groups excluding tert-OH is 3. The lowest BCUT2D eigenvalue weighted by Gasteiger charge is -2.46. The molecule has 0 aromatic rings. The summed E-state index contributed by atoms with van der Waals surface area (Å²) in [6.07, 6.45) is -9.14. The molecule has 0 aliphatic carbocycles. The predicted octanol–water partition coefficient (Wildman–Crippen LogP) is -0.222. The number of amides is 1. The highest BCUT2D eigenvalue weighted by Gasteiger charge is 2.61. The van der Waals surface area contributed by atoms with Crippen molar-refractivity contribution < 1.29 is 48.3 Å². The van der Waals surface area contributed by atoms with Gasteiger partial charge in [-0.3, -0.25) is 5.32 Å². The van der Waals surface area contributed by atoms with Gasteiger partial charge in [0, 0.05) is 5.92 Å². The Kier molecular flexibility index (Phi) is 7.94. The van der Waals surface area contributed by atoms with E-state index in [0.717, 1.165) is 0 Å². The zero-order chi connectivity index (χ0) is 22.7. The van der Waals surface area contributed by atoms with E-state index in [0.29, 0.717) is 0 Å². The van der Waals surface area contributed by atoms with Crippen LogP contribution in [0.25, 0.3) is 0 Å². The van der Waals surface area contributed by atoms with Crippen molar-refractivity contribution in [1.82, 2.24) is 10.6 Å². The lowest BCUT2D eigenvalue weighted by Crippen LogP contribution is -2.68. The van der Waals surface area contributed by atoms with E-state index in [1.165, 1.54) is 6.92 Å². The molecule has 1 aliphatic rings. The van der Waals surface area contributed by atoms with E-state index in [-0.39, 0.29) is 5.82 Å². The quantitative estimate of drug-likeness (QED) is 0.324. The van der Waals surface area contributed by atoms with Crippen LogP contribution in [0, 0.1) is 5.92 Å². The molecule has 0 aromatic heterocycles. The molecule has 1 aliphatic heterocycles. The Bertz CT molecular complexity index is 629. The summed E-state index contributed by atoms with van der Waals surface area (Å²) in [6.45, 7) is 8.62. The first-order chi connectivity index (χ1) is 13.1. The molecule has 0 bridgehead atoms. The number of carboxylic acid groups (broad SMARTS) is 1.